The van der Waals surface area contributed by atoms with Crippen molar-refractivity contribution >= 4 is 34.9 Å². The zero-order valence-electron chi connectivity index (χ0n) is 23.1. The molecule has 0 saturated heterocycles. The van der Waals surface area contributed by atoms with Gasteiger partial charge in [0, 0.05) is 54.0 Å². The Balaban J connectivity index is 1.17. The summed E-state index contributed by atoms with van der Waals surface area (Å²) in [4.78, 5) is 29.9. The Hall–Kier alpha value is -5.40. The van der Waals surface area contributed by atoms with E-state index in [1.54, 1.807) is 42.1 Å². The number of urea groups is 1. The number of nitrogens with one attached hydrogen (secondary N) is 4. The van der Waals surface area contributed by atoms with Crippen molar-refractivity contribution in [1.82, 2.24) is 29.1 Å². The molecule has 5 aromatic rings. The zero-order chi connectivity index (χ0) is 30.1. The number of carbonyl (C=O) groups excluding carboxylic acids is 1. The van der Waals surface area contributed by atoms with Gasteiger partial charge in [-0.3, -0.25) is 4.57 Å². The Bertz CT molecular complexity index is 1790. The lowest BCUT2D eigenvalue weighted by Gasteiger charge is -2.17. The first-order chi connectivity index (χ1) is 20.6. The summed E-state index contributed by atoms with van der Waals surface area (Å²) in [6.07, 6.45) is 5.35. The van der Waals surface area contributed by atoms with Gasteiger partial charge in [-0.25, -0.2) is 24.7 Å². The standard InChI is InChI=1S/C29H27F3N10O/c1-17-3-4-21(14-23(17)40-27-34-10-12-42(27)26-15-25(35-16-36-26)37-19-5-6-19)39-28(43)38-20-7-8-24(22(13-20)29(30,31)32)41-11-9-33-18(41)2/h3-4,7-16,19H,5-6H2,1-2H3,(H,34,40)(H,35,36,37)(H2,38,39,43). The van der Waals surface area contributed by atoms with Gasteiger partial charge in [0.2, 0.25) is 5.95 Å². The van der Waals surface area contributed by atoms with Crippen molar-refractivity contribution in [3.63, 3.8) is 0 Å². The van der Waals surface area contributed by atoms with Crippen molar-refractivity contribution < 1.29 is 18.0 Å². The van der Waals surface area contributed by atoms with Crippen LogP contribution in [0.15, 0.2) is 73.6 Å². The van der Waals surface area contributed by atoms with Crippen molar-refractivity contribution in [2.24, 2.45) is 0 Å². The van der Waals surface area contributed by atoms with Crippen molar-refractivity contribution in [3.05, 3.63) is 90.5 Å². The second-order valence-corrected chi connectivity index (χ2v) is 10.1. The van der Waals surface area contributed by atoms with E-state index in [1.807, 2.05) is 13.0 Å². The van der Waals surface area contributed by atoms with Gasteiger partial charge in [-0.1, -0.05) is 6.07 Å². The molecule has 1 aliphatic carbocycles. The summed E-state index contributed by atoms with van der Waals surface area (Å²) in [6, 6.07) is 10.4. The summed E-state index contributed by atoms with van der Waals surface area (Å²) in [6.45, 7) is 3.50. The van der Waals surface area contributed by atoms with Crippen LogP contribution < -0.4 is 21.3 Å². The van der Waals surface area contributed by atoms with Crippen LogP contribution in [0.25, 0.3) is 11.5 Å². The number of benzene rings is 2. The fraction of sp³-hybridized carbons (Fsp3) is 0.207. The van der Waals surface area contributed by atoms with Crippen LogP contribution in [0.3, 0.4) is 0 Å². The van der Waals surface area contributed by atoms with E-state index in [0.717, 1.165) is 30.3 Å². The number of carbonyl (C=O) groups is 1. The topological polar surface area (TPSA) is 127 Å². The highest BCUT2D eigenvalue weighted by Gasteiger charge is 2.34. The van der Waals surface area contributed by atoms with Gasteiger partial charge in [-0.2, -0.15) is 13.2 Å². The van der Waals surface area contributed by atoms with Gasteiger partial charge in [0.05, 0.1) is 11.3 Å². The molecule has 6 rings (SSSR count). The van der Waals surface area contributed by atoms with E-state index < -0.39 is 17.8 Å². The molecular weight excluding hydrogens is 561 g/mol. The molecule has 3 heterocycles. The van der Waals surface area contributed by atoms with Crippen molar-refractivity contribution in [1.29, 1.82) is 0 Å². The van der Waals surface area contributed by atoms with Crippen LogP contribution >= 0.6 is 0 Å². The highest BCUT2D eigenvalue weighted by Crippen LogP contribution is 2.36. The molecule has 2 aromatic carbocycles. The Morgan fingerprint density at radius 1 is 0.884 bits per heavy atom. The van der Waals surface area contributed by atoms with Crippen molar-refractivity contribution in [2.75, 3.05) is 21.3 Å². The van der Waals surface area contributed by atoms with Crippen LogP contribution in [0.2, 0.25) is 0 Å². The van der Waals surface area contributed by atoms with E-state index in [0.29, 0.717) is 35.0 Å². The first-order valence-electron chi connectivity index (χ1n) is 13.4. The molecule has 11 nitrogen and oxygen atoms in total. The fourth-order valence-electron chi connectivity index (χ4n) is 4.51. The Kier molecular flexibility index (Phi) is 7.17. The molecule has 0 radical (unpaired) electrons. The molecule has 2 amide bonds. The molecule has 0 atom stereocenters. The van der Waals surface area contributed by atoms with E-state index in [9.17, 15) is 18.0 Å². The number of alkyl halides is 3. The van der Waals surface area contributed by atoms with Gasteiger partial charge in [0.1, 0.15) is 23.8 Å². The molecule has 4 N–H and O–H groups in total. The quantitative estimate of drug-likeness (QED) is 0.164. The lowest BCUT2D eigenvalue weighted by molar-refractivity contribution is -0.137. The van der Waals surface area contributed by atoms with Crippen LogP contribution in [-0.4, -0.2) is 41.1 Å². The highest BCUT2D eigenvalue weighted by atomic mass is 19.4. The number of halogens is 3. The molecule has 0 spiro atoms. The minimum absolute atomic E-state index is 0.0146. The molecule has 1 aliphatic rings. The third kappa shape index (κ3) is 6.27. The number of imidazole rings is 2. The Morgan fingerprint density at radius 2 is 1.60 bits per heavy atom. The largest absolute Gasteiger partial charge is 0.418 e. The molecule has 220 valence electrons. The first-order valence-corrected chi connectivity index (χ1v) is 13.4. The number of rotatable bonds is 8. The van der Waals surface area contributed by atoms with E-state index >= 15 is 0 Å². The Morgan fingerprint density at radius 3 is 2.33 bits per heavy atom. The van der Waals surface area contributed by atoms with Gasteiger partial charge in [0.25, 0.3) is 0 Å². The molecule has 1 fully saturated rings. The molecule has 0 aliphatic heterocycles. The molecule has 3 aromatic heterocycles. The van der Waals surface area contributed by atoms with Gasteiger partial charge >= 0.3 is 12.2 Å². The van der Waals surface area contributed by atoms with Crippen LogP contribution in [-0.2, 0) is 6.18 Å². The smallest absolute Gasteiger partial charge is 0.367 e. The SMILES string of the molecule is Cc1ccc(NC(=O)Nc2ccc(-n3ccnc3C)c(C(F)(F)F)c2)cc1Nc1nccn1-c1cc(NC2CC2)ncn1. The minimum atomic E-state index is -4.65. The third-order valence-electron chi connectivity index (χ3n) is 6.86. The summed E-state index contributed by atoms with van der Waals surface area (Å²) in [7, 11) is 0. The summed E-state index contributed by atoms with van der Waals surface area (Å²) in [5, 5.41) is 11.8. The Labute approximate surface area is 244 Å². The fourth-order valence-corrected chi connectivity index (χ4v) is 4.51. The summed E-state index contributed by atoms with van der Waals surface area (Å²) in [5.41, 5.74) is 0.957. The van der Waals surface area contributed by atoms with E-state index in [2.05, 4.69) is 41.2 Å². The van der Waals surface area contributed by atoms with Crippen molar-refractivity contribution in [3.8, 4) is 11.5 Å². The lowest BCUT2D eigenvalue weighted by Crippen LogP contribution is -2.20. The van der Waals surface area contributed by atoms with Crippen LogP contribution in [0, 0.1) is 13.8 Å². The minimum Gasteiger partial charge on any atom is -0.367 e. The van der Waals surface area contributed by atoms with Crippen LogP contribution in [0.1, 0.15) is 29.8 Å². The van der Waals surface area contributed by atoms with E-state index in [-0.39, 0.29) is 11.4 Å². The van der Waals surface area contributed by atoms with E-state index in [1.165, 1.54) is 35.4 Å². The van der Waals surface area contributed by atoms with Crippen LogP contribution in [0.4, 0.5) is 46.8 Å². The van der Waals surface area contributed by atoms with Gasteiger partial charge < -0.3 is 25.8 Å². The number of hydrogen-bond donors (Lipinski definition) is 4. The number of amides is 2. The lowest BCUT2D eigenvalue weighted by atomic mass is 10.1. The maximum absolute atomic E-state index is 13.9. The first kappa shape index (κ1) is 27.8. The molecule has 43 heavy (non-hydrogen) atoms. The number of nitrogens with zero attached hydrogens (tertiary/aromatic N) is 6. The average Bonchev–Trinajstić information content (AvgIpc) is 3.47. The second kappa shape index (κ2) is 11.1. The number of anilines is 5. The monoisotopic (exact) mass is 588 g/mol. The summed E-state index contributed by atoms with van der Waals surface area (Å²) < 4.78 is 44.8. The number of hydrogen-bond acceptors (Lipinski definition) is 7. The van der Waals surface area contributed by atoms with Gasteiger partial charge in [0.15, 0.2) is 0 Å². The molecule has 1 saturated carbocycles. The molecular formula is C29H27F3N10O. The second-order valence-electron chi connectivity index (χ2n) is 10.1. The third-order valence-corrected chi connectivity index (χ3v) is 6.86. The van der Waals surface area contributed by atoms with Gasteiger partial charge in [-0.05, 0) is 62.6 Å². The maximum atomic E-state index is 13.9. The summed E-state index contributed by atoms with van der Waals surface area (Å²) in [5.74, 6) is 2.25. The summed E-state index contributed by atoms with van der Waals surface area (Å²) >= 11 is 0. The maximum Gasteiger partial charge on any atom is 0.418 e. The predicted molar refractivity (Wildman–Crippen MR) is 156 cm³/mol. The van der Waals surface area contributed by atoms with E-state index in [4.69, 9.17) is 0 Å². The zero-order valence-corrected chi connectivity index (χ0v) is 23.1. The van der Waals surface area contributed by atoms with Crippen molar-refractivity contribution in [2.45, 2.75) is 38.9 Å². The number of aromatic nitrogens is 6. The molecule has 0 unspecified atom stereocenters. The molecule has 14 heteroatoms. The normalized spacial score (nSPS) is 13.0. The highest BCUT2D eigenvalue weighted by molar-refractivity contribution is 6.00. The predicted octanol–water partition coefficient (Wildman–Crippen LogP) is 6.45. The van der Waals surface area contributed by atoms with Gasteiger partial charge in [-0.15, -0.1) is 0 Å². The average molecular weight is 589 g/mol. The van der Waals surface area contributed by atoms with Crippen LogP contribution in [0.5, 0.6) is 0 Å². The molecule has 0 bridgehead atoms. The number of aryl methyl sites for hydroxylation is 2.